The molecule has 0 bridgehead atoms. The predicted molar refractivity (Wildman–Crippen MR) is 71.3 cm³/mol. The number of aryl methyl sites for hydroxylation is 1. The zero-order valence-electron chi connectivity index (χ0n) is 11.6. The van der Waals surface area contributed by atoms with E-state index in [1.807, 2.05) is 13.0 Å². The molecule has 0 spiro atoms. The molecule has 0 saturated heterocycles. The number of ether oxygens (including phenoxy) is 1. The first-order valence-electron chi connectivity index (χ1n) is 6.38. The molecule has 0 amide bonds. The van der Waals surface area contributed by atoms with E-state index in [4.69, 9.17) is 4.74 Å². The van der Waals surface area contributed by atoms with Gasteiger partial charge >= 0.3 is 0 Å². The Morgan fingerprint density at radius 2 is 2.00 bits per heavy atom. The van der Waals surface area contributed by atoms with Crippen molar-refractivity contribution in [1.82, 2.24) is 10.3 Å². The molecule has 0 aromatic carbocycles. The van der Waals surface area contributed by atoms with Crippen molar-refractivity contribution >= 4 is 0 Å². The molecule has 1 atom stereocenters. The van der Waals surface area contributed by atoms with Crippen LogP contribution < -0.4 is 10.1 Å². The van der Waals surface area contributed by atoms with Gasteiger partial charge in [-0.05, 0) is 31.9 Å². The third-order valence-electron chi connectivity index (χ3n) is 2.60. The molecular formula is C14H24N2O. The van der Waals surface area contributed by atoms with Gasteiger partial charge in [-0.3, -0.25) is 0 Å². The minimum atomic E-state index is 0.218. The molecule has 1 unspecified atom stereocenters. The summed E-state index contributed by atoms with van der Waals surface area (Å²) in [5, 5.41) is 3.40. The lowest BCUT2D eigenvalue weighted by Gasteiger charge is -2.14. The molecule has 1 rings (SSSR count). The van der Waals surface area contributed by atoms with Gasteiger partial charge in [0.2, 0.25) is 5.88 Å². The summed E-state index contributed by atoms with van der Waals surface area (Å²) < 4.78 is 5.75. The molecule has 17 heavy (non-hydrogen) atoms. The summed E-state index contributed by atoms with van der Waals surface area (Å²) in [6.07, 6.45) is 1.21. The largest absolute Gasteiger partial charge is 0.475 e. The molecule has 3 nitrogen and oxygen atoms in total. The topological polar surface area (TPSA) is 34.1 Å². The van der Waals surface area contributed by atoms with Crippen LogP contribution in [0.2, 0.25) is 0 Å². The van der Waals surface area contributed by atoms with Gasteiger partial charge in [-0.15, -0.1) is 0 Å². The summed E-state index contributed by atoms with van der Waals surface area (Å²) >= 11 is 0. The predicted octanol–water partition coefficient (Wildman–Crippen LogP) is 3.07. The van der Waals surface area contributed by atoms with E-state index in [-0.39, 0.29) is 6.10 Å². The van der Waals surface area contributed by atoms with Crippen LogP contribution in [0.25, 0.3) is 0 Å². The molecule has 1 aromatic rings. The van der Waals surface area contributed by atoms with E-state index in [1.54, 1.807) is 0 Å². The molecule has 1 N–H and O–H groups in total. The maximum absolute atomic E-state index is 5.75. The Balaban J connectivity index is 2.72. The van der Waals surface area contributed by atoms with Gasteiger partial charge in [-0.25, -0.2) is 4.98 Å². The summed E-state index contributed by atoms with van der Waals surface area (Å²) in [4.78, 5) is 4.40. The Hall–Kier alpha value is -1.09. The molecule has 0 aliphatic carbocycles. The smallest absolute Gasteiger partial charge is 0.214 e. The van der Waals surface area contributed by atoms with Crippen LogP contribution in [-0.4, -0.2) is 17.1 Å². The highest BCUT2D eigenvalue weighted by atomic mass is 16.5. The number of hydrogen-bond acceptors (Lipinski definition) is 3. The van der Waals surface area contributed by atoms with Crippen molar-refractivity contribution in [3.8, 4) is 5.88 Å². The van der Waals surface area contributed by atoms with E-state index in [0.29, 0.717) is 6.04 Å². The fourth-order valence-corrected chi connectivity index (χ4v) is 1.48. The highest BCUT2D eigenvalue weighted by molar-refractivity contribution is 5.24. The van der Waals surface area contributed by atoms with Crippen LogP contribution >= 0.6 is 0 Å². The van der Waals surface area contributed by atoms with E-state index in [9.17, 15) is 0 Å². The Morgan fingerprint density at radius 1 is 1.29 bits per heavy atom. The number of nitrogens with one attached hydrogen (secondary N) is 1. The second-order valence-corrected chi connectivity index (χ2v) is 4.83. The normalized spacial score (nSPS) is 12.8. The Labute approximate surface area is 105 Å². The summed E-state index contributed by atoms with van der Waals surface area (Å²) in [6.45, 7) is 11.3. The van der Waals surface area contributed by atoms with Gasteiger partial charge in [0.05, 0.1) is 6.10 Å². The number of rotatable bonds is 6. The van der Waals surface area contributed by atoms with Crippen LogP contribution in [0.5, 0.6) is 5.88 Å². The van der Waals surface area contributed by atoms with E-state index >= 15 is 0 Å². The molecular weight excluding hydrogens is 212 g/mol. The van der Waals surface area contributed by atoms with Crippen molar-refractivity contribution in [3.05, 3.63) is 23.4 Å². The van der Waals surface area contributed by atoms with Gasteiger partial charge < -0.3 is 10.1 Å². The lowest BCUT2D eigenvalue weighted by Crippen LogP contribution is -2.22. The highest BCUT2D eigenvalue weighted by Gasteiger charge is 2.05. The van der Waals surface area contributed by atoms with E-state index < -0.39 is 0 Å². The van der Waals surface area contributed by atoms with Gasteiger partial charge in [-0.1, -0.05) is 20.8 Å². The Morgan fingerprint density at radius 3 is 2.59 bits per heavy atom. The van der Waals surface area contributed by atoms with E-state index in [0.717, 1.165) is 24.5 Å². The van der Waals surface area contributed by atoms with Gasteiger partial charge in [0.25, 0.3) is 0 Å². The minimum absolute atomic E-state index is 0.218. The second-order valence-electron chi connectivity index (χ2n) is 4.83. The number of pyridine rings is 1. The average Bonchev–Trinajstić information content (AvgIpc) is 2.25. The molecule has 0 radical (unpaired) electrons. The Bertz CT molecular complexity index is 350. The fraction of sp³-hybridized carbons (Fsp3) is 0.643. The summed E-state index contributed by atoms with van der Waals surface area (Å²) in [7, 11) is 0. The van der Waals surface area contributed by atoms with Crippen molar-refractivity contribution in [2.75, 3.05) is 0 Å². The third kappa shape index (κ3) is 5.18. The van der Waals surface area contributed by atoms with Gasteiger partial charge in [0, 0.05) is 24.3 Å². The average molecular weight is 236 g/mol. The molecule has 1 aromatic heterocycles. The molecule has 0 fully saturated rings. The Kier molecular flexibility index (Phi) is 5.42. The molecule has 96 valence electrons. The maximum atomic E-state index is 5.75. The molecule has 0 saturated carbocycles. The SMILES string of the molecule is CCC(C)Oc1cc(CNC(C)C)cc(C)n1. The van der Waals surface area contributed by atoms with Gasteiger partial charge in [-0.2, -0.15) is 0 Å². The van der Waals surface area contributed by atoms with Gasteiger partial charge in [0.1, 0.15) is 0 Å². The first-order chi connectivity index (χ1) is 8.01. The number of hydrogen-bond donors (Lipinski definition) is 1. The van der Waals surface area contributed by atoms with E-state index in [2.05, 4.69) is 44.1 Å². The summed E-state index contributed by atoms with van der Waals surface area (Å²) in [6, 6.07) is 4.61. The summed E-state index contributed by atoms with van der Waals surface area (Å²) in [5.41, 5.74) is 2.23. The second kappa shape index (κ2) is 6.60. The van der Waals surface area contributed by atoms with Crippen LogP contribution in [0, 0.1) is 6.92 Å². The van der Waals surface area contributed by atoms with Crippen LogP contribution in [0.4, 0.5) is 0 Å². The molecule has 0 aliphatic heterocycles. The standard InChI is InChI=1S/C14H24N2O/c1-6-12(5)17-14-8-13(7-11(4)16-14)9-15-10(2)3/h7-8,10,12,15H,6,9H2,1-5H3. The maximum Gasteiger partial charge on any atom is 0.214 e. The fourth-order valence-electron chi connectivity index (χ4n) is 1.48. The summed E-state index contributed by atoms with van der Waals surface area (Å²) in [5.74, 6) is 0.736. The third-order valence-corrected chi connectivity index (χ3v) is 2.60. The highest BCUT2D eigenvalue weighted by Crippen LogP contribution is 2.14. The van der Waals surface area contributed by atoms with Gasteiger partial charge in [0.15, 0.2) is 0 Å². The minimum Gasteiger partial charge on any atom is -0.475 e. The zero-order valence-corrected chi connectivity index (χ0v) is 11.6. The van der Waals surface area contributed by atoms with Crippen molar-refractivity contribution in [2.24, 2.45) is 0 Å². The van der Waals surface area contributed by atoms with Crippen molar-refractivity contribution in [2.45, 2.75) is 59.7 Å². The van der Waals surface area contributed by atoms with Crippen LogP contribution in [0.3, 0.4) is 0 Å². The molecule has 3 heteroatoms. The lowest BCUT2D eigenvalue weighted by molar-refractivity contribution is 0.208. The zero-order chi connectivity index (χ0) is 12.8. The van der Waals surface area contributed by atoms with Crippen molar-refractivity contribution < 1.29 is 4.74 Å². The number of nitrogens with zero attached hydrogens (tertiary/aromatic N) is 1. The van der Waals surface area contributed by atoms with Crippen LogP contribution in [0.15, 0.2) is 12.1 Å². The molecule has 0 aliphatic rings. The number of aromatic nitrogens is 1. The first kappa shape index (κ1) is 14.0. The lowest BCUT2D eigenvalue weighted by atomic mass is 10.2. The van der Waals surface area contributed by atoms with Crippen molar-refractivity contribution in [3.63, 3.8) is 0 Å². The molecule has 1 heterocycles. The monoisotopic (exact) mass is 236 g/mol. The van der Waals surface area contributed by atoms with Crippen LogP contribution in [0.1, 0.15) is 45.4 Å². The van der Waals surface area contributed by atoms with Crippen molar-refractivity contribution in [1.29, 1.82) is 0 Å². The first-order valence-corrected chi connectivity index (χ1v) is 6.38. The quantitative estimate of drug-likeness (QED) is 0.824. The van der Waals surface area contributed by atoms with E-state index in [1.165, 1.54) is 5.56 Å². The van der Waals surface area contributed by atoms with Crippen LogP contribution in [-0.2, 0) is 6.54 Å².